The number of nitrogens with two attached hydrogens (primary N) is 1. The van der Waals surface area contributed by atoms with Gasteiger partial charge in [-0.15, -0.1) is 0 Å². The molecule has 0 aromatic rings. The summed E-state index contributed by atoms with van der Waals surface area (Å²) in [5.41, 5.74) is 6.32. The standard InChI is InChI=1S/C16H28N2O/c1-14(2,17)16(18-3-4-19-16)15-8-11-5-12(9-15)7-13(6-11)10-15/h11-13,18H,3-10,17H2,1-2H3. The van der Waals surface area contributed by atoms with Crippen molar-refractivity contribution in [3.63, 3.8) is 0 Å². The van der Waals surface area contributed by atoms with Gasteiger partial charge in [-0.2, -0.15) is 0 Å². The third-order valence-corrected chi connectivity index (χ3v) is 6.49. The van der Waals surface area contributed by atoms with Crippen molar-refractivity contribution in [1.82, 2.24) is 5.32 Å². The fraction of sp³-hybridized carbons (Fsp3) is 1.00. The van der Waals surface area contributed by atoms with Gasteiger partial charge in [-0.1, -0.05) is 0 Å². The number of nitrogens with one attached hydrogen (secondary N) is 1. The van der Waals surface area contributed by atoms with Crippen LogP contribution in [0.15, 0.2) is 0 Å². The number of hydrogen-bond donors (Lipinski definition) is 2. The Kier molecular flexibility index (Phi) is 2.49. The fourth-order valence-electron chi connectivity index (χ4n) is 6.46. The topological polar surface area (TPSA) is 47.3 Å². The van der Waals surface area contributed by atoms with E-state index in [2.05, 4.69) is 19.2 Å². The van der Waals surface area contributed by atoms with E-state index in [9.17, 15) is 0 Å². The van der Waals surface area contributed by atoms with Gasteiger partial charge >= 0.3 is 0 Å². The van der Waals surface area contributed by atoms with E-state index in [-0.39, 0.29) is 11.3 Å². The van der Waals surface area contributed by atoms with Crippen molar-refractivity contribution in [2.24, 2.45) is 28.9 Å². The van der Waals surface area contributed by atoms with E-state index in [1.54, 1.807) is 0 Å². The van der Waals surface area contributed by atoms with E-state index in [1.807, 2.05) is 0 Å². The van der Waals surface area contributed by atoms with Crippen LogP contribution in [0.3, 0.4) is 0 Å². The molecule has 1 aliphatic heterocycles. The van der Waals surface area contributed by atoms with Crippen LogP contribution in [0.2, 0.25) is 0 Å². The molecule has 3 heteroatoms. The quantitative estimate of drug-likeness (QED) is 0.804. The summed E-state index contributed by atoms with van der Waals surface area (Å²) in [7, 11) is 0. The Hall–Kier alpha value is -0.120. The molecule has 5 rings (SSSR count). The molecule has 3 N–H and O–H groups in total. The molecule has 5 fully saturated rings. The third kappa shape index (κ3) is 1.55. The second-order valence-electron chi connectivity index (χ2n) is 8.38. The lowest BCUT2D eigenvalue weighted by Crippen LogP contribution is -2.74. The molecule has 0 amide bonds. The summed E-state index contributed by atoms with van der Waals surface area (Å²) < 4.78 is 6.35. The lowest BCUT2D eigenvalue weighted by molar-refractivity contribution is -0.219. The Labute approximate surface area is 116 Å². The molecular formula is C16H28N2O. The highest BCUT2D eigenvalue weighted by molar-refractivity contribution is 5.17. The van der Waals surface area contributed by atoms with Crippen molar-refractivity contribution in [3.05, 3.63) is 0 Å². The van der Waals surface area contributed by atoms with Gasteiger partial charge in [0.2, 0.25) is 0 Å². The monoisotopic (exact) mass is 264 g/mol. The summed E-state index contributed by atoms with van der Waals surface area (Å²) in [4.78, 5) is 0. The van der Waals surface area contributed by atoms with Gasteiger partial charge in [0, 0.05) is 12.0 Å². The van der Waals surface area contributed by atoms with Crippen LogP contribution in [0.4, 0.5) is 0 Å². The molecule has 1 heterocycles. The normalized spacial score (nSPS) is 52.9. The van der Waals surface area contributed by atoms with Gasteiger partial charge in [0.15, 0.2) is 0 Å². The lowest BCUT2D eigenvalue weighted by atomic mass is 9.45. The zero-order valence-electron chi connectivity index (χ0n) is 12.4. The molecule has 0 radical (unpaired) electrons. The summed E-state index contributed by atoms with van der Waals surface area (Å²) in [6.45, 7) is 6.10. The van der Waals surface area contributed by atoms with Crippen LogP contribution < -0.4 is 11.1 Å². The van der Waals surface area contributed by atoms with Gasteiger partial charge < -0.3 is 10.5 Å². The average Bonchev–Trinajstić information content (AvgIpc) is 2.76. The van der Waals surface area contributed by atoms with Crippen LogP contribution >= 0.6 is 0 Å². The Morgan fingerprint density at radius 1 is 1.05 bits per heavy atom. The molecule has 1 unspecified atom stereocenters. The average molecular weight is 264 g/mol. The van der Waals surface area contributed by atoms with Crippen LogP contribution in [0.25, 0.3) is 0 Å². The highest BCUT2D eigenvalue weighted by Gasteiger charge is 2.66. The second-order valence-corrected chi connectivity index (χ2v) is 8.38. The largest absolute Gasteiger partial charge is 0.357 e. The van der Waals surface area contributed by atoms with Gasteiger partial charge in [0.1, 0.15) is 5.72 Å². The summed E-state index contributed by atoms with van der Waals surface area (Å²) in [6, 6.07) is 0. The SMILES string of the molecule is CC(C)(N)C1(C23CC4CC(CC(C4)C2)C3)NCCO1. The first kappa shape index (κ1) is 12.6. The highest BCUT2D eigenvalue weighted by Crippen LogP contribution is 2.65. The Morgan fingerprint density at radius 2 is 1.58 bits per heavy atom. The van der Waals surface area contributed by atoms with E-state index in [0.717, 1.165) is 30.9 Å². The van der Waals surface area contributed by atoms with Crippen molar-refractivity contribution in [1.29, 1.82) is 0 Å². The van der Waals surface area contributed by atoms with Crippen molar-refractivity contribution < 1.29 is 4.74 Å². The Bertz CT molecular complexity index is 343. The van der Waals surface area contributed by atoms with Gasteiger partial charge in [0.25, 0.3) is 0 Å². The summed E-state index contributed by atoms with van der Waals surface area (Å²) in [6.07, 6.45) is 8.44. The molecule has 0 spiro atoms. The van der Waals surface area contributed by atoms with E-state index in [1.165, 1.54) is 38.5 Å². The number of rotatable bonds is 2. The van der Waals surface area contributed by atoms with E-state index in [4.69, 9.17) is 10.5 Å². The second kappa shape index (κ2) is 3.75. The van der Waals surface area contributed by atoms with Gasteiger partial charge in [-0.05, 0) is 70.1 Å². The van der Waals surface area contributed by atoms with E-state index >= 15 is 0 Å². The minimum Gasteiger partial charge on any atom is -0.357 e. The fourth-order valence-corrected chi connectivity index (χ4v) is 6.46. The molecule has 4 aliphatic carbocycles. The predicted molar refractivity (Wildman–Crippen MR) is 75.6 cm³/mol. The van der Waals surface area contributed by atoms with Gasteiger partial charge in [-0.25, -0.2) is 0 Å². The summed E-state index contributed by atoms with van der Waals surface area (Å²) in [5.74, 6) is 2.82. The molecular weight excluding hydrogens is 236 g/mol. The van der Waals surface area contributed by atoms with Crippen LogP contribution in [-0.4, -0.2) is 24.4 Å². The molecule has 1 saturated heterocycles. The van der Waals surface area contributed by atoms with Crippen molar-refractivity contribution in [2.75, 3.05) is 13.2 Å². The first-order valence-corrected chi connectivity index (χ1v) is 8.12. The van der Waals surface area contributed by atoms with Gasteiger partial charge in [-0.3, -0.25) is 5.32 Å². The minimum absolute atomic E-state index is 0.282. The molecule has 3 nitrogen and oxygen atoms in total. The summed E-state index contributed by atoms with van der Waals surface area (Å²) in [5, 5.41) is 3.72. The van der Waals surface area contributed by atoms with Crippen molar-refractivity contribution in [3.8, 4) is 0 Å². The lowest BCUT2D eigenvalue weighted by Gasteiger charge is -2.65. The van der Waals surface area contributed by atoms with E-state index < -0.39 is 0 Å². The molecule has 19 heavy (non-hydrogen) atoms. The zero-order valence-corrected chi connectivity index (χ0v) is 12.4. The first-order valence-electron chi connectivity index (χ1n) is 8.12. The van der Waals surface area contributed by atoms with Gasteiger partial charge in [0.05, 0.1) is 12.1 Å². The molecule has 108 valence electrons. The number of hydrogen-bond acceptors (Lipinski definition) is 3. The van der Waals surface area contributed by atoms with Crippen LogP contribution in [0.5, 0.6) is 0 Å². The smallest absolute Gasteiger partial charge is 0.142 e. The summed E-state index contributed by atoms with van der Waals surface area (Å²) >= 11 is 0. The maximum Gasteiger partial charge on any atom is 0.142 e. The molecule has 4 bridgehead atoms. The Balaban J connectivity index is 1.77. The van der Waals surface area contributed by atoms with Crippen molar-refractivity contribution in [2.45, 2.75) is 63.6 Å². The predicted octanol–water partition coefficient (Wildman–Crippen LogP) is 2.26. The molecule has 0 aromatic heterocycles. The molecule has 5 aliphatic rings. The highest BCUT2D eigenvalue weighted by atomic mass is 16.5. The van der Waals surface area contributed by atoms with Crippen LogP contribution in [0.1, 0.15) is 52.4 Å². The molecule has 0 aromatic carbocycles. The third-order valence-electron chi connectivity index (χ3n) is 6.49. The number of ether oxygens (including phenoxy) is 1. The van der Waals surface area contributed by atoms with Crippen molar-refractivity contribution >= 4 is 0 Å². The maximum absolute atomic E-state index is 6.61. The minimum atomic E-state index is -0.310. The molecule has 1 atom stereocenters. The van der Waals surface area contributed by atoms with Crippen LogP contribution in [-0.2, 0) is 4.74 Å². The van der Waals surface area contributed by atoms with Crippen LogP contribution in [0, 0.1) is 23.2 Å². The Morgan fingerprint density at radius 3 is 1.95 bits per heavy atom. The zero-order chi connectivity index (χ0) is 13.3. The first-order chi connectivity index (χ1) is 8.94. The maximum atomic E-state index is 6.61. The van der Waals surface area contributed by atoms with E-state index in [0.29, 0.717) is 5.41 Å². The molecule has 4 saturated carbocycles.